The summed E-state index contributed by atoms with van der Waals surface area (Å²) in [6, 6.07) is 6.00. The van der Waals surface area contributed by atoms with Gasteiger partial charge in [0.05, 0.1) is 5.92 Å². The molecule has 2 saturated heterocycles. The first-order valence-electron chi connectivity index (χ1n) is 9.29. The maximum Gasteiger partial charge on any atom is 0.227 e. The predicted molar refractivity (Wildman–Crippen MR) is 99.8 cm³/mol. The largest absolute Gasteiger partial charge is 0.353 e. The number of hydrogen-bond acceptors (Lipinski definition) is 3. The van der Waals surface area contributed by atoms with Crippen molar-refractivity contribution in [2.75, 3.05) is 24.5 Å². The van der Waals surface area contributed by atoms with Crippen molar-refractivity contribution < 1.29 is 14.4 Å². The molecule has 0 spiro atoms. The van der Waals surface area contributed by atoms with Gasteiger partial charge < -0.3 is 15.1 Å². The molecule has 0 saturated carbocycles. The van der Waals surface area contributed by atoms with Crippen LogP contribution in [-0.4, -0.2) is 48.3 Å². The van der Waals surface area contributed by atoms with Crippen LogP contribution in [-0.2, 0) is 14.4 Å². The Morgan fingerprint density at radius 1 is 1.15 bits per heavy atom. The number of benzene rings is 1. The van der Waals surface area contributed by atoms with Crippen molar-refractivity contribution in [2.24, 2.45) is 5.92 Å². The molecule has 1 N–H and O–H groups in total. The van der Waals surface area contributed by atoms with Crippen LogP contribution in [0.25, 0.3) is 0 Å². The Hall–Kier alpha value is -2.37. The van der Waals surface area contributed by atoms with Crippen LogP contribution in [0.1, 0.15) is 37.3 Å². The average Bonchev–Trinajstić information content (AvgIpc) is 2.99. The topological polar surface area (TPSA) is 69.7 Å². The summed E-state index contributed by atoms with van der Waals surface area (Å²) in [6.07, 6.45) is 1.80. The fraction of sp³-hybridized carbons (Fsp3) is 0.550. The van der Waals surface area contributed by atoms with Gasteiger partial charge in [0.2, 0.25) is 17.7 Å². The Bertz CT molecular complexity index is 723. The minimum atomic E-state index is -0.312. The Kier molecular flexibility index (Phi) is 5.30. The Balaban J connectivity index is 1.59. The number of aryl methyl sites for hydroxylation is 1. The fourth-order valence-corrected chi connectivity index (χ4v) is 3.80. The lowest BCUT2D eigenvalue weighted by Gasteiger charge is -2.32. The molecule has 0 aromatic heterocycles. The van der Waals surface area contributed by atoms with Gasteiger partial charge in [-0.05, 0) is 43.9 Å². The zero-order valence-electron chi connectivity index (χ0n) is 15.7. The molecule has 0 radical (unpaired) electrons. The smallest absolute Gasteiger partial charge is 0.227 e. The molecular formula is C20H27N3O3. The standard InChI is InChI=1S/C20H27N3O3/c1-13-5-4-6-18(14(13)2)23-12-16(11-19(23)25)20(26)21-17-7-9-22(10-8-17)15(3)24/h4-6,16-17H,7-12H2,1-3H3,(H,21,26). The minimum absolute atomic E-state index is 0.00486. The Morgan fingerprint density at radius 2 is 1.85 bits per heavy atom. The van der Waals surface area contributed by atoms with E-state index in [1.165, 1.54) is 0 Å². The van der Waals surface area contributed by atoms with E-state index < -0.39 is 0 Å². The molecule has 0 bridgehead atoms. The number of amides is 3. The Morgan fingerprint density at radius 3 is 2.50 bits per heavy atom. The summed E-state index contributed by atoms with van der Waals surface area (Å²) in [5.41, 5.74) is 3.12. The third kappa shape index (κ3) is 3.74. The van der Waals surface area contributed by atoms with Gasteiger partial charge in [0, 0.05) is 44.7 Å². The summed E-state index contributed by atoms with van der Waals surface area (Å²) in [7, 11) is 0. The van der Waals surface area contributed by atoms with E-state index in [1.807, 2.05) is 36.9 Å². The molecule has 1 atom stereocenters. The van der Waals surface area contributed by atoms with Crippen LogP contribution >= 0.6 is 0 Å². The van der Waals surface area contributed by atoms with Crippen molar-refractivity contribution in [1.82, 2.24) is 10.2 Å². The van der Waals surface area contributed by atoms with Crippen molar-refractivity contribution >= 4 is 23.4 Å². The van der Waals surface area contributed by atoms with Crippen molar-refractivity contribution in [1.29, 1.82) is 0 Å². The summed E-state index contributed by atoms with van der Waals surface area (Å²) in [5.74, 6) is -0.272. The summed E-state index contributed by atoms with van der Waals surface area (Å²) < 4.78 is 0. The highest BCUT2D eigenvalue weighted by Crippen LogP contribution is 2.29. The maximum absolute atomic E-state index is 12.6. The highest BCUT2D eigenvalue weighted by Gasteiger charge is 2.36. The monoisotopic (exact) mass is 357 g/mol. The maximum atomic E-state index is 12.6. The zero-order valence-corrected chi connectivity index (χ0v) is 15.7. The van der Waals surface area contributed by atoms with Crippen molar-refractivity contribution in [2.45, 2.75) is 46.1 Å². The van der Waals surface area contributed by atoms with Gasteiger partial charge in [-0.2, -0.15) is 0 Å². The van der Waals surface area contributed by atoms with E-state index in [9.17, 15) is 14.4 Å². The lowest BCUT2D eigenvalue weighted by Crippen LogP contribution is -2.47. The van der Waals surface area contributed by atoms with Crippen LogP contribution in [0.15, 0.2) is 18.2 Å². The number of carbonyl (C=O) groups is 3. The first-order valence-corrected chi connectivity index (χ1v) is 9.29. The van der Waals surface area contributed by atoms with Gasteiger partial charge in [-0.3, -0.25) is 14.4 Å². The van der Waals surface area contributed by atoms with Crippen molar-refractivity contribution in [3.63, 3.8) is 0 Å². The van der Waals surface area contributed by atoms with Crippen LogP contribution in [0.3, 0.4) is 0 Å². The number of hydrogen-bond donors (Lipinski definition) is 1. The molecule has 2 fully saturated rings. The van der Waals surface area contributed by atoms with Gasteiger partial charge in [-0.15, -0.1) is 0 Å². The fourth-order valence-electron chi connectivity index (χ4n) is 3.80. The lowest BCUT2D eigenvalue weighted by atomic mass is 10.0. The molecule has 1 unspecified atom stereocenters. The quantitative estimate of drug-likeness (QED) is 0.897. The number of piperidine rings is 1. The minimum Gasteiger partial charge on any atom is -0.353 e. The first-order chi connectivity index (χ1) is 12.4. The van der Waals surface area contributed by atoms with E-state index in [-0.39, 0.29) is 36.1 Å². The second-order valence-corrected chi connectivity index (χ2v) is 7.41. The second kappa shape index (κ2) is 7.48. The van der Waals surface area contributed by atoms with E-state index in [0.717, 1.165) is 29.7 Å². The lowest BCUT2D eigenvalue weighted by molar-refractivity contribution is -0.130. The van der Waals surface area contributed by atoms with Crippen molar-refractivity contribution in [3.05, 3.63) is 29.3 Å². The van der Waals surface area contributed by atoms with Crippen LogP contribution in [0.5, 0.6) is 0 Å². The van der Waals surface area contributed by atoms with Crippen molar-refractivity contribution in [3.8, 4) is 0 Å². The second-order valence-electron chi connectivity index (χ2n) is 7.41. The summed E-state index contributed by atoms with van der Waals surface area (Å²) in [4.78, 5) is 40.0. The molecule has 6 heteroatoms. The van der Waals surface area contributed by atoms with Gasteiger partial charge in [0.1, 0.15) is 0 Å². The molecule has 2 heterocycles. The molecule has 140 valence electrons. The molecule has 3 rings (SSSR count). The molecule has 2 aliphatic rings. The van der Waals surface area contributed by atoms with E-state index >= 15 is 0 Å². The molecule has 2 aliphatic heterocycles. The van der Waals surface area contributed by atoms with Gasteiger partial charge in [0.15, 0.2) is 0 Å². The van der Waals surface area contributed by atoms with Gasteiger partial charge >= 0.3 is 0 Å². The van der Waals surface area contributed by atoms with E-state index in [4.69, 9.17) is 0 Å². The molecule has 0 aliphatic carbocycles. The van der Waals surface area contributed by atoms with E-state index in [1.54, 1.807) is 11.8 Å². The number of likely N-dealkylation sites (tertiary alicyclic amines) is 1. The molecule has 1 aromatic carbocycles. The van der Waals surface area contributed by atoms with Gasteiger partial charge in [-0.1, -0.05) is 12.1 Å². The Labute approximate surface area is 154 Å². The van der Waals surface area contributed by atoms with Crippen LogP contribution in [0, 0.1) is 19.8 Å². The van der Waals surface area contributed by atoms with Crippen LogP contribution in [0.2, 0.25) is 0 Å². The average molecular weight is 357 g/mol. The summed E-state index contributed by atoms with van der Waals surface area (Å²) in [6.45, 7) is 7.40. The summed E-state index contributed by atoms with van der Waals surface area (Å²) >= 11 is 0. The van der Waals surface area contributed by atoms with Crippen LogP contribution < -0.4 is 10.2 Å². The molecular weight excluding hydrogens is 330 g/mol. The SMILES string of the molecule is CC(=O)N1CCC(NC(=O)C2CC(=O)N(c3cccc(C)c3C)C2)CC1. The highest BCUT2D eigenvalue weighted by molar-refractivity contribution is 6.01. The third-order valence-corrected chi connectivity index (χ3v) is 5.65. The highest BCUT2D eigenvalue weighted by atomic mass is 16.2. The molecule has 1 aromatic rings. The van der Waals surface area contributed by atoms with Gasteiger partial charge in [-0.25, -0.2) is 0 Å². The third-order valence-electron chi connectivity index (χ3n) is 5.65. The predicted octanol–water partition coefficient (Wildman–Crippen LogP) is 1.78. The van der Waals surface area contributed by atoms with E-state index in [0.29, 0.717) is 19.6 Å². The number of carbonyl (C=O) groups excluding carboxylic acids is 3. The molecule has 3 amide bonds. The zero-order chi connectivity index (χ0) is 18.8. The number of nitrogens with one attached hydrogen (secondary N) is 1. The number of rotatable bonds is 3. The van der Waals surface area contributed by atoms with Crippen LogP contribution in [0.4, 0.5) is 5.69 Å². The molecule has 26 heavy (non-hydrogen) atoms. The summed E-state index contributed by atoms with van der Waals surface area (Å²) in [5, 5.41) is 3.08. The van der Waals surface area contributed by atoms with E-state index in [2.05, 4.69) is 5.32 Å². The first kappa shape index (κ1) is 18.4. The molecule has 6 nitrogen and oxygen atoms in total. The van der Waals surface area contributed by atoms with Gasteiger partial charge in [0.25, 0.3) is 0 Å². The number of nitrogens with zero attached hydrogens (tertiary/aromatic N) is 2. The number of anilines is 1. The normalized spacial score (nSPS) is 21.2.